The maximum atomic E-state index is 14.4. The molecule has 24 nitrogen and oxygen atoms in total. The van der Waals surface area contributed by atoms with Crippen molar-refractivity contribution in [2.75, 3.05) is 47.4 Å². The predicted octanol–water partition coefficient (Wildman–Crippen LogP) is 0.678. The Morgan fingerprint density at radius 3 is 2.21 bits per heavy atom. The molecule has 0 bridgehead atoms. The maximum Gasteiger partial charge on any atom is 0.243 e. The van der Waals surface area contributed by atoms with E-state index in [-0.39, 0.29) is 78.0 Å². The zero-order chi connectivity index (χ0) is 60.1. The number of rotatable bonds is 23. The Hall–Kier alpha value is -6.87. The summed E-state index contributed by atoms with van der Waals surface area (Å²) in [6, 6.07) is 0.500. The lowest BCUT2D eigenvalue weighted by Gasteiger charge is -2.43. The van der Waals surface area contributed by atoms with E-state index >= 15 is 0 Å². The summed E-state index contributed by atoms with van der Waals surface area (Å²) in [6.07, 6.45) is -5.83. The van der Waals surface area contributed by atoms with E-state index in [0.29, 0.717) is 24.9 Å². The van der Waals surface area contributed by atoms with Gasteiger partial charge in [-0.1, -0.05) is 39.8 Å². The van der Waals surface area contributed by atoms with Gasteiger partial charge in [0.2, 0.25) is 41.2 Å². The Bertz CT molecular complexity index is 2930. The van der Waals surface area contributed by atoms with Crippen LogP contribution in [0.1, 0.15) is 128 Å². The van der Waals surface area contributed by atoms with Gasteiger partial charge in [-0.15, -0.1) is 0 Å². The molecule has 2 fully saturated rings. The number of ketones is 3. The van der Waals surface area contributed by atoms with E-state index in [2.05, 4.69) is 26.6 Å². The number of benzene rings is 2. The number of carbonyl (C=O) groups excluding carboxylic acids is 9. The molecular weight excluding hydrogens is 1090 g/mol. The highest BCUT2D eigenvalue weighted by Crippen LogP contribution is 2.52. The van der Waals surface area contributed by atoms with Crippen LogP contribution in [0.4, 0.5) is 0 Å². The van der Waals surface area contributed by atoms with Crippen LogP contribution in [0, 0.1) is 11.8 Å². The van der Waals surface area contributed by atoms with E-state index in [1.54, 1.807) is 35.8 Å². The second-order valence-electron chi connectivity index (χ2n) is 22.6. The van der Waals surface area contributed by atoms with Crippen molar-refractivity contribution in [1.29, 1.82) is 0 Å². The van der Waals surface area contributed by atoms with Gasteiger partial charge in [-0.3, -0.25) is 43.2 Å². The van der Waals surface area contributed by atoms with Crippen LogP contribution in [0.5, 0.6) is 17.2 Å². The summed E-state index contributed by atoms with van der Waals surface area (Å²) in [5, 5.41) is 74.2. The number of phenolic OH excluding ortho intramolecular Hbond substituents is 2. The van der Waals surface area contributed by atoms with Gasteiger partial charge in [-0.2, -0.15) is 11.3 Å². The third-order valence-electron chi connectivity index (χ3n) is 15.2. The number of nitrogens with zero attached hydrogens (tertiary/aromatic N) is 2. The monoisotopic (exact) mass is 1160 g/mol. The number of aliphatic hydroxyl groups excluding tert-OH is 2. The fourth-order valence-electron chi connectivity index (χ4n) is 11.2. The molecule has 10 N–H and O–H groups in total. The fourth-order valence-corrected chi connectivity index (χ4v) is 11.9. The highest BCUT2D eigenvalue weighted by molar-refractivity contribution is 7.08. The van der Waals surface area contributed by atoms with Gasteiger partial charge < -0.3 is 76.1 Å². The van der Waals surface area contributed by atoms with E-state index in [4.69, 9.17) is 14.2 Å². The Kier molecular flexibility index (Phi) is 20.3. The van der Waals surface area contributed by atoms with Gasteiger partial charge in [0.15, 0.2) is 17.9 Å². The number of fused-ring (bicyclic) bond motifs is 3. The zero-order valence-electron chi connectivity index (χ0n) is 47.2. The van der Waals surface area contributed by atoms with Crippen LogP contribution in [-0.4, -0.2) is 190 Å². The number of hydrogen-bond acceptors (Lipinski definition) is 19. The van der Waals surface area contributed by atoms with Crippen molar-refractivity contribution < 1.29 is 82.9 Å². The molecule has 2 saturated heterocycles. The van der Waals surface area contributed by atoms with Crippen molar-refractivity contribution >= 4 is 64.1 Å². The number of carbonyl (C=O) groups is 9. The van der Waals surface area contributed by atoms with Crippen molar-refractivity contribution in [1.82, 2.24) is 36.4 Å². The van der Waals surface area contributed by atoms with E-state index < -0.39 is 156 Å². The molecule has 2 aliphatic carbocycles. The van der Waals surface area contributed by atoms with E-state index in [0.717, 1.165) is 0 Å². The second-order valence-corrected chi connectivity index (χ2v) is 23.4. The molecule has 10 atom stereocenters. The summed E-state index contributed by atoms with van der Waals surface area (Å²) in [4.78, 5) is 127. The van der Waals surface area contributed by atoms with Crippen LogP contribution in [0.15, 0.2) is 35.0 Å². The van der Waals surface area contributed by atoms with Crippen LogP contribution < -0.4 is 31.3 Å². The molecule has 6 amide bonds. The number of likely N-dealkylation sites (tertiary alicyclic amines) is 1. The summed E-state index contributed by atoms with van der Waals surface area (Å²) in [6.45, 7) is 7.63. The highest BCUT2D eigenvalue weighted by Gasteiger charge is 2.51. The first-order valence-corrected chi connectivity index (χ1v) is 28.4. The maximum absolute atomic E-state index is 14.4. The normalized spacial score (nSPS) is 23.3. The largest absolute Gasteiger partial charge is 0.507 e. The molecule has 7 rings (SSSR count). The van der Waals surface area contributed by atoms with E-state index in [1.807, 2.05) is 27.7 Å². The Morgan fingerprint density at radius 1 is 0.890 bits per heavy atom. The fraction of sp³-hybridized carbons (Fsp3) is 0.561. The van der Waals surface area contributed by atoms with Crippen LogP contribution in [0.2, 0.25) is 0 Å². The molecule has 25 heteroatoms. The van der Waals surface area contributed by atoms with Gasteiger partial charge >= 0.3 is 0 Å². The number of thiophene rings is 1. The minimum Gasteiger partial charge on any atom is -0.507 e. The van der Waals surface area contributed by atoms with Crippen LogP contribution in [-0.2, 0) is 55.9 Å². The molecule has 0 unspecified atom stereocenters. The van der Waals surface area contributed by atoms with Gasteiger partial charge in [0.25, 0.3) is 0 Å². The number of nitrogens with one attached hydrogen (secondary N) is 5. The first-order valence-electron chi connectivity index (χ1n) is 27.4. The summed E-state index contributed by atoms with van der Waals surface area (Å²) in [5.74, 6) is -8.24. The van der Waals surface area contributed by atoms with Gasteiger partial charge in [-0.25, -0.2) is 0 Å². The van der Waals surface area contributed by atoms with Crippen LogP contribution >= 0.6 is 11.3 Å². The third-order valence-corrected chi connectivity index (χ3v) is 15.9. The summed E-state index contributed by atoms with van der Waals surface area (Å²) >= 11 is 1.36. The van der Waals surface area contributed by atoms with Crippen molar-refractivity contribution in [3.05, 3.63) is 74.0 Å². The van der Waals surface area contributed by atoms with Gasteiger partial charge in [0.05, 0.1) is 55.1 Å². The van der Waals surface area contributed by atoms with Gasteiger partial charge in [0.1, 0.15) is 59.7 Å². The standard InChI is InChI=1S/C57H75N7O17S/c1-27(2)17-34(62-56(77)37-12-10-15-64(37)42(68)24-63(6)7)53(74)58-23-41(67)59-36(19-30-14-16-82-26-30)55(76)61-35(18-28(3)4)54(75)60-33-20-43(80-29(5)48(33)69)81-39-22-57(78,40(66)25-65)21-32-45(39)52(73)47-46(50(32)71)49(70)31-11-9-13-38(79-8)44(31)51(47)72/h9,11,13-14,16,26-29,33-37,39,43,48,65,69,71,73,78H,10,12,15,17-25H2,1-8H3,(H,58,74)(H,59,67)(H,60,75)(H,61,76)(H,62,77)/t29-,33-,34-,35-,36-,37-,39-,43-,48+,57-/m0/s1. The number of aliphatic hydroxyl groups is 3. The molecule has 3 heterocycles. The van der Waals surface area contributed by atoms with E-state index in [1.165, 1.54) is 48.5 Å². The number of likely N-dealkylation sites (N-methyl/N-ethyl adjacent to an activating group) is 1. The minimum atomic E-state index is -2.44. The second kappa shape index (κ2) is 26.6. The number of hydrogen-bond donors (Lipinski definition) is 10. The Labute approximate surface area is 478 Å². The molecule has 0 spiro atoms. The van der Waals surface area contributed by atoms with E-state index in [9.17, 15) is 68.7 Å². The number of phenols is 2. The van der Waals surface area contributed by atoms with Crippen molar-refractivity contribution in [2.24, 2.45) is 11.8 Å². The number of Topliss-reactive ketones (excluding diaryl/α,β-unsaturated/α-hetero) is 1. The molecule has 446 valence electrons. The summed E-state index contributed by atoms with van der Waals surface area (Å²) in [5.41, 5.74) is -3.82. The molecule has 2 aromatic carbocycles. The van der Waals surface area contributed by atoms with Crippen LogP contribution in [0.3, 0.4) is 0 Å². The van der Waals surface area contributed by atoms with Gasteiger partial charge in [-0.05, 0) is 87.0 Å². The molecule has 0 radical (unpaired) electrons. The highest BCUT2D eigenvalue weighted by atomic mass is 32.1. The SMILES string of the molecule is COc1cccc2c1C(=O)c1c(O)c3c(c(O)c1C2=O)C[C@@](O)(C(=O)CO)C[C@@H]3O[C@H]1C[C@H](NC(=O)[C@H](CC(C)C)NC(=O)[C@H](Cc2ccsc2)NC(=O)CNC(=O)[C@H](CC(C)C)NC(=O)[C@@H]2CCCN2C(=O)CN(C)C)[C@H](O)[C@H](C)O1. The van der Waals surface area contributed by atoms with Crippen molar-refractivity contribution in [2.45, 2.75) is 146 Å². The Morgan fingerprint density at radius 2 is 1.57 bits per heavy atom. The first-order chi connectivity index (χ1) is 38.8. The average molecular weight is 1160 g/mol. The Balaban J connectivity index is 1.06. The number of methoxy groups -OCH3 is 1. The summed E-state index contributed by atoms with van der Waals surface area (Å²) < 4.78 is 17.8. The lowest BCUT2D eigenvalue weighted by Crippen LogP contribution is -2.60. The lowest BCUT2D eigenvalue weighted by molar-refractivity contribution is -0.249. The molecule has 0 saturated carbocycles. The third kappa shape index (κ3) is 14.0. The summed E-state index contributed by atoms with van der Waals surface area (Å²) in [7, 11) is 4.78. The number of amides is 6. The zero-order valence-corrected chi connectivity index (χ0v) is 48.1. The van der Waals surface area contributed by atoms with Crippen molar-refractivity contribution in [3.63, 3.8) is 0 Å². The predicted molar refractivity (Wildman–Crippen MR) is 295 cm³/mol. The molecule has 82 heavy (non-hydrogen) atoms. The quantitative estimate of drug-likeness (QED) is 0.0457. The van der Waals surface area contributed by atoms with Crippen LogP contribution in [0.25, 0.3) is 0 Å². The molecular formula is C57H75N7O17S. The molecule has 2 aliphatic heterocycles. The molecule has 1 aromatic heterocycles. The number of ether oxygens (including phenoxy) is 3. The average Bonchev–Trinajstić information content (AvgIpc) is 1.19. The molecule has 4 aliphatic rings. The number of aromatic hydroxyl groups is 2. The first kappa shape index (κ1) is 62.7. The minimum absolute atomic E-state index is 0.0118. The smallest absolute Gasteiger partial charge is 0.243 e. The lowest BCUT2D eigenvalue weighted by atomic mass is 9.72. The van der Waals surface area contributed by atoms with Gasteiger partial charge in [0, 0.05) is 48.9 Å². The topological polar surface area (TPSA) is 349 Å². The van der Waals surface area contributed by atoms with Crippen molar-refractivity contribution in [3.8, 4) is 17.2 Å². The molecule has 3 aromatic rings.